The molecule has 1 aromatic carbocycles. The van der Waals surface area contributed by atoms with E-state index in [0.717, 1.165) is 5.56 Å². The van der Waals surface area contributed by atoms with Crippen molar-refractivity contribution < 1.29 is 14.3 Å². The highest BCUT2D eigenvalue weighted by Crippen LogP contribution is 2.07. The zero-order chi connectivity index (χ0) is 12.7. The highest BCUT2D eigenvalue weighted by atomic mass is 16.5. The van der Waals surface area contributed by atoms with Gasteiger partial charge < -0.3 is 15.4 Å². The maximum Gasteiger partial charge on any atom is 0.313 e. The van der Waals surface area contributed by atoms with Crippen molar-refractivity contribution in [3.8, 4) is 0 Å². The Bertz CT molecular complexity index is 387. The minimum Gasteiger partial charge on any atom is -0.383 e. The molecule has 0 atom stereocenters. The molecule has 0 bridgehead atoms. The zero-order valence-electron chi connectivity index (χ0n) is 9.95. The van der Waals surface area contributed by atoms with Gasteiger partial charge in [-0.2, -0.15) is 0 Å². The summed E-state index contributed by atoms with van der Waals surface area (Å²) in [5, 5.41) is 4.94. The molecule has 0 aliphatic rings. The van der Waals surface area contributed by atoms with Crippen LogP contribution in [-0.4, -0.2) is 32.1 Å². The second kappa shape index (κ2) is 6.65. The van der Waals surface area contributed by atoms with E-state index in [1.165, 1.54) is 7.11 Å². The minimum atomic E-state index is -0.676. The van der Waals surface area contributed by atoms with E-state index >= 15 is 0 Å². The van der Waals surface area contributed by atoms with Crippen LogP contribution in [-0.2, 0) is 14.3 Å². The molecule has 92 valence electrons. The molecule has 0 aromatic heterocycles. The van der Waals surface area contributed by atoms with Gasteiger partial charge in [-0.05, 0) is 19.1 Å². The lowest BCUT2D eigenvalue weighted by molar-refractivity contribution is -0.136. The van der Waals surface area contributed by atoms with Crippen molar-refractivity contribution in [1.29, 1.82) is 0 Å². The van der Waals surface area contributed by atoms with Crippen LogP contribution in [0.2, 0.25) is 0 Å². The summed E-state index contributed by atoms with van der Waals surface area (Å²) in [4.78, 5) is 22.7. The summed E-state index contributed by atoms with van der Waals surface area (Å²) >= 11 is 0. The largest absolute Gasteiger partial charge is 0.383 e. The minimum absolute atomic E-state index is 0.316. The van der Waals surface area contributed by atoms with Crippen LogP contribution in [0.15, 0.2) is 24.3 Å². The van der Waals surface area contributed by atoms with Gasteiger partial charge in [-0.1, -0.05) is 17.7 Å². The SMILES string of the molecule is COCCNC(=O)C(=O)Nc1ccc(C)cc1. The lowest BCUT2D eigenvalue weighted by atomic mass is 10.2. The maximum absolute atomic E-state index is 11.4. The molecule has 5 nitrogen and oxygen atoms in total. The summed E-state index contributed by atoms with van der Waals surface area (Å²) in [6.45, 7) is 2.64. The van der Waals surface area contributed by atoms with Crippen LogP contribution in [0.3, 0.4) is 0 Å². The number of carbonyl (C=O) groups excluding carboxylic acids is 2. The average molecular weight is 236 g/mol. The van der Waals surface area contributed by atoms with Gasteiger partial charge in [0, 0.05) is 19.3 Å². The van der Waals surface area contributed by atoms with Crippen LogP contribution >= 0.6 is 0 Å². The average Bonchev–Trinajstić information content (AvgIpc) is 2.32. The number of hydrogen-bond acceptors (Lipinski definition) is 3. The molecule has 0 fully saturated rings. The fourth-order valence-corrected chi connectivity index (χ4v) is 1.17. The molecule has 0 aliphatic carbocycles. The predicted molar refractivity (Wildman–Crippen MR) is 64.7 cm³/mol. The van der Waals surface area contributed by atoms with Crippen molar-refractivity contribution in [2.24, 2.45) is 0 Å². The summed E-state index contributed by atoms with van der Waals surface area (Å²) in [6.07, 6.45) is 0. The summed E-state index contributed by atoms with van der Waals surface area (Å²) < 4.78 is 4.76. The van der Waals surface area contributed by atoms with Crippen LogP contribution < -0.4 is 10.6 Å². The van der Waals surface area contributed by atoms with Crippen LogP contribution in [0.4, 0.5) is 5.69 Å². The standard InChI is InChI=1S/C12H16N2O3/c1-9-3-5-10(6-4-9)14-12(16)11(15)13-7-8-17-2/h3-6H,7-8H2,1-2H3,(H,13,15)(H,14,16). The first-order valence-electron chi connectivity index (χ1n) is 5.28. The summed E-state index contributed by atoms with van der Waals surface area (Å²) in [5.41, 5.74) is 1.69. The van der Waals surface area contributed by atoms with Gasteiger partial charge in [0.1, 0.15) is 0 Å². The monoisotopic (exact) mass is 236 g/mol. The van der Waals surface area contributed by atoms with Crippen LogP contribution in [0.1, 0.15) is 5.56 Å². The number of aryl methyl sites for hydroxylation is 1. The van der Waals surface area contributed by atoms with Crippen molar-refractivity contribution in [2.45, 2.75) is 6.92 Å². The molecular formula is C12H16N2O3. The van der Waals surface area contributed by atoms with Crippen molar-refractivity contribution in [3.63, 3.8) is 0 Å². The third-order valence-corrected chi connectivity index (χ3v) is 2.11. The van der Waals surface area contributed by atoms with Crippen LogP contribution in [0.25, 0.3) is 0 Å². The van der Waals surface area contributed by atoms with Gasteiger partial charge in [0.25, 0.3) is 0 Å². The van der Waals surface area contributed by atoms with Crippen molar-refractivity contribution >= 4 is 17.5 Å². The first-order valence-corrected chi connectivity index (χ1v) is 5.28. The Hall–Kier alpha value is -1.88. The van der Waals surface area contributed by atoms with Gasteiger partial charge in [0.15, 0.2) is 0 Å². The summed E-state index contributed by atoms with van der Waals surface area (Å²) in [5.74, 6) is -1.34. The number of benzene rings is 1. The lowest BCUT2D eigenvalue weighted by Crippen LogP contribution is -2.37. The zero-order valence-corrected chi connectivity index (χ0v) is 9.95. The van der Waals surface area contributed by atoms with Crippen molar-refractivity contribution in [3.05, 3.63) is 29.8 Å². The third kappa shape index (κ3) is 4.65. The van der Waals surface area contributed by atoms with Crippen LogP contribution in [0.5, 0.6) is 0 Å². The second-order valence-corrected chi connectivity index (χ2v) is 3.57. The Labute approximate surface area is 100 Å². The van der Waals surface area contributed by atoms with Crippen molar-refractivity contribution in [1.82, 2.24) is 5.32 Å². The molecule has 2 N–H and O–H groups in total. The predicted octanol–water partition coefficient (Wildman–Crippen LogP) is 0.696. The molecule has 17 heavy (non-hydrogen) atoms. The molecule has 2 amide bonds. The van der Waals surface area contributed by atoms with Gasteiger partial charge in [-0.3, -0.25) is 9.59 Å². The Morgan fingerprint density at radius 1 is 1.18 bits per heavy atom. The highest BCUT2D eigenvalue weighted by Gasteiger charge is 2.12. The first kappa shape index (κ1) is 13.2. The van der Waals surface area contributed by atoms with Gasteiger partial charge >= 0.3 is 11.8 Å². The van der Waals surface area contributed by atoms with Gasteiger partial charge in [-0.15, -0.1) is 0 Å². The van der Waals surface area contributed by atoms with E-state index in [1.54, 1.807) is 12.1 Å². The molecule has 5 heteroatoms. The van der Waals surface area contributed by atoms with E-state index in [-0.39, 0.29) is 0 Å². The molecule has 0 unspecified atom stereocenters. The summed E-state index contributed by atoms with van der Waals surface area (Å²) in [7, 11) is 1.53. The quantitative estimate of drug-likeness (QED) is 0.597. The number of carbonyl (C=O) groups is 2. The smallest absolute Gasteiger partial charge is 0.313 e. The number of rotatable bonds is 4. The number of nitrogens with one attached hydrogen (secondary N) is 2. The molecule has 0 heterocycles. The molecule has 1 rings (SSSR count). The molecule has 0 saturated heterocycles. The van der Waals surface area contributed by atoms with E-state index < -0.39 is 11.8 Å². The van der Waals surface area contributed by atoms with Crippen molar-refractivity contribution in [2.75, 3.05) is 25.6 Å². The van der Waals surface area contributed by atoms with E-state index in [1.807, 2.05) is 19.1 Å². The number of anilines is 1. The Kier molecular flexibility index (Phi) is 5.16. The maximum atomic E-state index is 11.4. The fourth-order valence-electron chi connectivity index (χ4n) is 1.17. The Morgan fingerprint density at radius 2 is 1.82 bits per heavy atom. The van der Waals surface area contributed by atoms with Gasteiger partial charge in [0.2, 0.25) is 0 Å². The van der Waals surface area contributed by atoms with E-state index in [9.17, 15) is 9.59 Å². The van der Waals surface area contributed by atoms with E-state index in [0.29, 0.717) is 18.8 Å². The molecule has 0 aliphatic heterocycles. The topological polar surface area (TPSA) is 67.4 Å². The number of hydrogen-bond donors (Lipinski definition) is 2. The first-order chi connectivity index (χ1) is 8.13. The Morgan fingerprint density at radius 3 is 2.41 bits per heavy atom. The van der Waals surface area contributed by atoms with Gasteiger partial charge in [-0.25, -0.2) is 0 Å². The fraction of sp³-hybridized carbons (Fsp3) is 0.333. The van der Waals surface area contributed by atoms with E-state index in [4.69, 9.17) is 4.74 Å². The second-order valence-electron chi connectivity index (χ2n) is 3.57. The van der Waals surface area contributed by atoms with E-state index in [2.05, 4.69) is 10.6 Å². The normalized spacial score (nSPS) is 9.76. The lowest BCUT2D eigenvalue weighted by Gasteiger charge is -2.06. The molecule has 1 aromatic rings. The molecule has 0 saturated carbocycles. The molecule has 0 spiro atoms. The summed E-state index contributed by atoms with van der Waals surface area (Å²) in [6, 6.07) is 7.21. The van der Waals surface area contributed by atoms with Gasteiger partial charge in [0.05, 0.1) is 6.61 Å². The van der Waals surface area contributed by atoms with Crippen LogP contribution in [0, 0.1) is 6.92 Å². The molecule has 0 radical (unpaired) electrons. The number of ether oxygens (including phenoxy) is 1. The Balaban J connectivity index is 2.43. The number of amides is 2. The number of methoxy groups -OCH3 is 1. The highest BCUT2D eigenvalue weighted by molar-refractivity contribution is 6.39. The third-order valence-electron chi connectivity index (χ3n) is 2.11. The molecular weight excluding hydrogens is 220 g/mol.